The summed E-state index contributed by atoms with van der Waals surface area (Å²) in [6, 6.07) is 2.92. The lowest BCUT2D eigenvalue weighted by atomic mass is 10.0. The maximum atomic E-state index is 12.2. The highest BCUT2D eigenvalue weighted by atomic mass is 16.4. The minimum Gasteiger partial charge on any atom is -0.508 e. The molecule has 0 bridgehead atoms. The highest BCUT2D eigenvalue weighted by molar-refractivity contribution is 5.93. The number of aliphatic carboxylic acids is 2. The number of carboxylic acid groups (broad SMARTS) is 2. The van der Waals surface area contributed by atoms with E-state index in [0.29, 0.717) is 5.56 Å². The van der Waals surface area contributed by atoms with Crippen molar-refractivity contribution in [3.8, 4) is 5.75 Å². The highest BCUT2D eigenvalue weighted by Crippen LogP contribution is 2.11. The molecule has 10 heteroatoms. The van der Waals surface area contributed by atoms with E-state index in [9.17, 15) is 29.4 Å². The summed E-state index contributed by atoms with van der Waals surface area (Å²) in [6.45, 7) is -0.445. The molecule has 136 valence electrons. The third-order valence-corrected chi connectivity index (χ3v) is 3.21. The molecule has 0 fully saturated rings. The maximum Gasteiger partial charge on any atom is 0.326 e. The van der Waals surface area contributed by atoms with Gasteiger partial charge in [-0.05, 0) is 17.7 Å². The van der Waals surface area contributed by atoms with E-state index in [1.54, 1.807) is 0 Å². The molecule has 0 saturated heterocycles. The second-order valence-corrected chi connectivity index (χ2v) is 5.19. The highest BCUT2D eigenvalue weighted by Gasteiger charge is 2.28. The molecular formula is C15H19N3O7. The van der Waals surface area contributed by atoms with E-state index in [0.717, 1.165) is 0 Å². The Morgan fingerprint density at radius 2 is 1.60 bits per heavy atom. The van der Waals surface area contributed by atoms with E-state index in [1.165, 1.54) is 24.3 Å². The molecule has 0 radical (unpaired) electrons. The van der Waals surface area contributed by atoms with E-state index in [-0.39, 0.29) is 12.2 Å². The first-order valence-electron chi connectivity index (χ1n) is 7.25. The summed E-state index contributed by atoms with van der Waals surface area (Å²) < 4.78 is 0. The second kappa shape index (κ2) is 9.23. The standard InChI is InChI=1S/C15H19N3O7/c16-7-12(20)17-10(6-13(21)22)14(23)18-11(15(24)25)5-8-1-3-9(19)4-2-8/h1-4,10-11,19H,5-7,16H2,(H,17,20)(H,18,23)(H,21,22)(H,24,25). The number of nitrogens with two attached hydrogens (primary N) is 1. The lowest BCUT2D eigenvalue weighted by Crippen LogP contribution is -2.53. The molecule has 2 amide bonds. The summed E-state index contributed by atoms with van der Waals surface area (Å²) in [5.74, 6) is -4.36. The van der Waals surface area contributed by atoms with Crippen molar-refractivity contribution in [2.45, 2.75) is 24.9 Å². The van der Waals surface area contributed by atoms with Gasteiger partial charge in [-0.3, -0.25) is 14.4 Å². The second-order valence-electron chi connectivity index (χ2n) is 5.19. The van der Waals surface area contributed by atoms with E-state index in [2.05, 4.69) is 10.6 Å². The molecule has 7 N–H and O–H groups in total. The lowest BCUT2D eigenvalue weighted by Gasteiger charge is -2.20. The molecule has 0 aliphatic heterocycles. The Morgan fingerprint density at radius 1 is 1.00 bits per heavy atom. The van der Waals surface area contributed by atoms with Gasteiger partial charge in [0.05, 0.1) is 13.0 Å². The number of amides is 2. The van der Waals surface area contributed by atoms with Gasteiger partial charge in [-0.1, -0.05) is 12.1 Å². The fraction of sp³-hybridized carbons (Fsp3) is 0.333. The average Bonchev–Trinajstić information content (AvgIpc) is 2.54. The number of aromatic hydroxyl groups is 1. The summed E-state index contributed by atoms with van der Waals surface area (Å²) in [7, 11) is 0. The Labute approximate surface area is 142 Å². The van der Waals surface area contributed by atoms with Crippen molar-refractivity contribution in [1.82, 2.24) is 10.6 Å². The summed E-state index contributed by atoms with van der Waals surface area (Å²) in [4.78, 5) is 45.6. The molecule has 10 nitrogen and oxygen atoms in total. The Bertz CT molecular complexity index is 645. The van der Waals surface area contributed by atoms with Crippen molar-refractivity contribution in [2.24, 2.45) is 5.73 Å². The van der Waals surface area contributed by atoms with Crippen LogP contribution in [0, 0.1) is 0 Å². The van der Waals surface area contributed by atoms with Gasteiger partial charge in [0.25, 0.3) is 0 Å². The molecule has 1 aromatic carbocycles. The van der Waals surface area contributed by atoms with Crippen molar-refractivity contribution < 1.29 is 34.5 Å². The third kappa shape index (κ3) is 6.87. The van der Waals surface area contributed by atoms with Crippen molar-refractivity contribution in [3.63, 3.8) is 0 Å². The van der Waals surface area contributed by atoms with Gasteiger partial charge in [-0.15, -0.1) is 0 Å². The average molecular weight is 353 g/mol. The summed E-state index contributed by atoms with van der Waals surface area (Å²) in [5, 5.41) is 31.6. The first-order valence-corrected chi connectivity index (χ1v) is 7.25. The zero-order chi connectivity index (χ0) is 19.0. The van der Waals surface area contributed by atoms with Crippen LogP contribution in [0.2, 0.25) is 0 Å². The number of carboxylic acids is 2. The van der Waals surface area contributed by atoms with Crippen LogP contribution in [-0.4, -0.2) is 57.7 Å². The predicted molar refractivity (Wildman–Crippen MR) is 84.6 cm³/mol. The molecule has 0 aliphatic carbocycles. The minimum absolute atomic E-state index is 0.00526. The van der Waals surface area contributed by atoms with E-state index >= 15 is 0 Å². The van der Waals surface area contributed by atoms with Gasteiger partial charge in [-0.25, -0.2) is 4.79 Å². The predicted octanol–water partition coefficient (Wildman–Crippen LogP) is -1.58. The molecule has 1 aromatic rings. The Hall–Kier alpha value is -3.14. The Kier molecular flexibility index (Phi) is 7.35. The Morgan fingerprint density at radius 3 is 2.08 bits per heavy atom. The van der Waals surface area contributed by atoms with Gasteiger partial charge in [0.15, 0.2) is 0 Å². The van der Waals surface area contributed by atoms with Crippen LogP contribution in [0.5, 0.6) is 5.75 Å². The summed E-state index contributed by atoms with van der Waals surface area (Å²) >= 11 is 0. The molecule has 2 unspecified atom stereocenters. The number of phenols is 1. The Balaban J connectivity index is 2.83. The summed E-state index contributed by atoms with van der Waals surface area (Å²) in [5.41, 5.74) is 5.64. The first kappa shape index (κ1) is 19.9. The largest absolute Gasteiger partial charge is 0.508 e. The third-order valence-electron chi connectivity index (χ3n) is 3.21. The zero-order valence-electron chi connectivity index (χ0n) is 13.1. The number of phenolic OH excluding ortho intramolecular Hbond substituents is 1. The molecule has 0 aromatic heterocycles. The topological polar surface area (TPSA) is 179 Å². The summed E-state index contributed by atoms with van der Waals surface area (Å²) in [6.07, 6.45) is -0.810. The van der Waals surface area contributed by atoms with E-state index in [1.807, 2.05) is 0 Å². The van der Waals surface area contributed by atoms with Gasteiger partial charge < -0.3 is 31.7 Å². The molecule has 2 atom stereocenters. The molecule has 0 spiro atoms. The normalized spacial score (nSPS) is 12.7. The lowest BCUT2D eigenvalue weighted by molar-refractivity contribution is -0.143. The first-order chi connectivity index (χ1) is 11.7. The van der Waals surface area contributed by atoms with Gasteiger partial charge in [0.1, 0.15) is 17.8 Å². The van der Waals surface area contributed by atoms with Gasteiger partial charge >= 0.3 is 11.9 Å². The van der Waals surface area contributed by atoms with Crippen molar-refractivity contribution in [1.29, 1.82) is 0 Å². The van der Waals surface area contributed by atoms with Crippen molar-refractivity contribution >= 4 is 23.8 Å². The number of hydrogen-bond acceptors (Lipinski definition) is 6. The fourth-order valence-corrected chi connectivity index (χ4v) is 1.98. The van der Waals surface area contributed by atoms with Crippen molar-refractivity contribution in [3.05, 3.63) is 29.8 Å². The van der Waals surface area contributed by atoms with Crippen LogP contribution in [0.3, 0.4) is 0 Å². The number of rotatable bonds is 9. The molecule has 0 saturated carbocycles. The molecule has 0 heterocycles. The maximum absolute atomic E-state index is 12.2. The van der Waals surface area contributed by atoms with E-state index < -0.39 is 48.8 Å². The van der Waals surface area contributed by atoms with Crippen LogP contribution in [-0.2, 0) is 25.6 Å². The molecule has 0 aliphatic rings. The quantitative estimate of drug-likeness (QED) is 0.308. The minimum atomic E-state index is -1.45. The van der Waals surface area contributed by atoms with Crippen LogP contribution in [0.4, 0.5) is 0 Å². The van der Waals surface area contributed by atoms with Gasteiger partial charge in [-0.2, -0.15) is 0 Å². The number of hydrogen-bond donors (Lipinski definition) is 6. The molecule has 1 rings (SSSR count). The zero-order valence-corrected chi connectivity index (χ0v) is 13.1. The fourth-order valence-electron chi connectivity index (χ4n) is 1.98. The number of nitrogens with one attached hydrogen (secondary N) is 2. The van der Waals surface area contributed by atoms with Crippen molar-refractivity contribution in [2.75, 3.05) is 6.54 Å². The van der Waals surface area contributed by atoms with Crippen LogP contribution in [0.15, 0.2) is 24.3 Å². The van der Waals surface area contributed by atoms with Gasteiger partial charge in [0.2, 0.25) is 11.8 Å². The van der Waals surface area contributed by atoms with Crippen LogP contribution in [0.1, 0.15) is 12.0 Å². The monoisotopic (exact) mass is 353 g/mol. The van der Waals surface area contributed by atoms with Gasteiger partial charge in [0, 0.05) is 6.42 Å². The number of benzene rings is 1. The smallest absolute Gasteiger partial charge is 0.326 e. The van der Waals surface area contributed by atoms with Crippen LogP contribution < -0.4 is 16.4 Å². The number of carbonyl (C=O) groups excluding carboxylic acids is 2. The SMILES string of the molecule is NCC(=O)NC(CC(=O)O)C(=O)NC(Cc1ccc(O)cc1)C(=O)O. The number of carbonyl (C=O) groups is 4. The van der Waals surface area contributed by atoms with Crippen LogP contribution in [0.25, 0.3) is 0 Å². The van der Waals surface area contributed by atoms with E-state index in [4.69, 9.17) is 10.8 Å². The molecule has 25 heavy (non-hydrogen) atoms. The molecular weight excluding hydrogens is 334 g/mol. The van der Waals surface area contributed by atoms with Crippen LogP contribution >= 0.6 is 0 Å².